The SMILES string of the molecule is CC(NC1C[C@H](c2ccccc2)[C@@H](c2ccccc2)C1)c1cccc2ccccc12. The summed E-state index contributed by atoms with van der Waals surface area (Å²) in [4.78, 5) is 0. The van der Waals surface area contributed by atoms with Crippen LogP contribution in [0.2, 0.25) is 0 Å². The molecule has 4 aromatic rings. The summed E-state index contributed by atoms with van der Waals surface area (Å²) >= 11 is 0. The van der Waals surface area contributed by atoms with Crippen molar-refractivity contribution < 1.29 is 0 Å². The molecule has 0 bridgehead atoms. The molecule has 1 N–H and O–H groups in total. The van der Waals surface area contributed by atoms with Crippen LogP contribution in [-0.2, 0) is 0 Å². The molecule has 5 rings (SSSR count). The summed E-state index contributed by atoms with van der Waals surface area (Å²) < 4.78 is 0. The molecule has 0 aliphatic heterocycles. The molecule has 1 saturated carbocycles. The third kappa shape index (κ3) is 3.78. The van der Waals surface area contributed by atoms with Crippen molar-refractivity contribution in [3.8, 4) is 0 Å². The Labute approximate surface area is 179 Å². The van der Waals surface area contributed by atoms with E-state index in [1.165, 1.54) is 40.3 Å². The van der Waals surface area contributed by atoms with Crippen LogP contribution in [-0.4, -0.2) is 6.04 Å². The van der Waals surface area contributed by atoms with Gasteiger partial charge in [-0.25, -0.2) is 0 Å². The summed E-state index contributed by atoms with van der Waals surface area (Å²) in [6.45, 7) is 2.31. The van der Waals surface area contributed by atoms with Crippen LogP contribution in [0, 0.1) is 0 Å². The Balaban J connectivity index is 1.41. The lowest BCUT2D eigenvalue weighted by Gasteiger charge is -2.21. The average Bonchev–Trinajstić information content (AvgIpc) is 3.23. The monoisotopic (exact) mass is 391 g/mol. The number of hydrogen-bond donors (Lipinski definition) is 1. The van der Waals surface area contributed by atoms with Gasteiger partial charge in [0.05, 0.1) is 0 Å². The fourth-order valence-electron chi connectivity index (χ4n) is 5.38. The smallest absolute Gasteiger partial charge is 0.0300 e. The summed E-state index contributed by atoms with van der Waals surface area (Å²) in [5.41, 5.74) is 4.33. The summed E-state index contributed by atoms with van der Waals surface area (Å²) in [6.07, 6.45) is 2.36. The Hall–Kier alpha value is -2.90. The fourth-order valence-corrected chi connectivity index (χ4v) is 5.38. The van der Waals surface area contributed by atoms with Crippen molar-refractivity contribution in [3.63, 3.8) is 0 Å². The first kappa shape index (κ1) is 19.1. The van der Waals surface area contributed by atoms with Gasteiger partial charge in [0.25, 0.3) is 0 Å². The quantitative estimate of drug-likeness (QED) is 0.379. The van der Waals surface area contributed by atoms with Crippen LogP contribution in [0.5, 0.6) is 0 Å². The molecule has 1 nitrogen and oxygen atoms in total. The summed E-state index contributed by atoms with van der Waals surface area (Å²) in [6, 6.07) is 38.4. The van der Waals surface area contributed by atoms with Crippen LogP contribution in [0.15, 0.2) is 103 Å². The summed E-state index contributed by atoms with van der Waals surface area (Å²) in [5, 5.41) is 6.66. The largest absolute Gasteiger partial charge is 0.307 e. The molecule has 0 amide bonds. The van der Waals surface area contributed by atoms with Gasteiger partial charge in [-0.15, -0.1) is 0 Å². The van der Waals surface area contributed by atoms with Crippen LogP contribution in [0.1, 0.15) is 54.3 Å². The molecule has 0 aromatic heterocycles. The third-order valence-corrected chi connectivity index (χ3v) is 6.79. The van der Waals surface area contributed by atoms with Gasteiger partial charge in [0, 0.05) is 12.1 Å². The van der Waals surface area contributed by atoms with E-state index in [0.29, 0.717) is 23.9 Å². The fraction of sp³-hybridized carbons (Fsp3) is 0.241. The topological polar surface area (TPSA) is 12.0 Å². The predicted octanol–water partition coefficient (Wildman–Crippen LogP) is 7.22. The number of hydrogen-bond acceptors (Lipinski definition) is 1. The molecule has 150 valence electrons. The highest BCUT2D eigenvalue weighted by atomic mass is 15.0. The van der Waals surface area contributed by atoms with E-state index in [9.17, 15) is 0 Å². The molecular formula is C29H29N. The standard InChI is InChI=1S/C29H29N/c1-21(26-18-10-16-22-15-8-9-17-27(22)26)30-25-19-28(23-11-4-2-5-12-23)29(20-25)24-13-6-3-7-14-24/h2-18,21,25,28-30H,19-20H2,1H3/t21?,28-,29-/m1/s1. The molecule has 1 aliphatic carbocycles. The van der Waals surface area contributed by atoms with Gasteiger partial charge in [0.2, 0.25) is 0 Å². The minimum atomic E-state index is 0.326. The zero-order valence-corrected chi connectivity index (χ0v) is 17.5. The van der Waals surface area contributed by atoms with Crippen LogP contribution in [0.25, 0.3) is 10.8 Å². The van der Waals surface area contributed by atoms with Crippen LogP contribution < -0.4 is 5.32 Å². The highest BCUT2D eigenvalue weighted by Crippen LogP contribution is 2.46. The molecule has 1 unspecified atom stereocenters. The van der Waals surface area contributed by atoms with E-state index in [-0.39, 0.29) is 0 Å². The van der Waals surface area contributed by atoms with Crippen molar-refractivity contribution in [2.75, 3.05) is 0 Å². The Kier molecular flexibility index (Phi) is 5.38. The lowest BCUT2D eigenvalue weighted by atomic mass is 9.84. The highest BCUT2D eigenvalue weighted by Gasteiger charge is 2.36. The van der Waals surface area contributed by atoms with E-state index in [1.807, 2.05) is 0 Å². The number of benzene rings is 4. The van der Waals surface area contributed by atoms with Crippen LogP contribution >= 0.6 is 0 Å². The van der Waals surface area contributed by atoms with Gasteiger partial charge in [0.15, 0.2) is 0 Å². The van der Waals surface area contributed by atoms with Gasteiger partial charge < -0.3 is 5.32 Å². The van der Waals surface area contributed by atoms with Crippen molar-refractivity contribution in [1.29, 1.82) is 0 Å². The molecule has 3 atom stereocenters. The van der Waals surface area contributed by atoms with Crippen molar-refractivity contribution >= 4 is 10.8 Å². The molecule has 4 aromatic carbocycles. The maximum Gasteiger partial charge on any atom is 0.0300 e. The van der Waals surface area contributed by atoms with Gasteiger partial charge >= 0.3 is 0 Å². The van der Waals surface area contributed by atoms with Crippen LogP contribution in [0.4, 0.5) is 0 Å². The second-order valence-electron chi connectivity index (χ2n) is 8.66. The summed E-state index contributed by atoms with van der Waals surface area (Å²) in [5.74, 6) is 1.12. The molecule has 0 radical (unpaired) electrons. The Bertz CT molecular complexity index is 1050. The Morgan fingerprint density at radius 3 is 1.80 bits per heavy atom. The molecular weight excluding hydrogens is 362 g/mol. The Morgan fingerprint density at radius 1 is 0.633 bits per heavy atom. The van der Waals surface area contributed by atoms with Gasteiger partial charge in [-0.1, -0.05) is 103 Å². The lowest BCUT2D eigenvalue weighted by Crippen LogP contribution is -2.29. The maximum atomic E-state index is 3.99. The number of fused-ring (bicyclic) bond motifs is 1. The molecule has 0 spiro atoms. The van der Waals surface area contributed by atoms with Gasteiger partial charge in [-0.05, 0) is 59.1 Å². The predicted molar refractivity (Wildman–Crippen MR) is 127 cm³/mol. The minimum Gasteiger partial charge on any atom is -0.307 e. The molecule has 0 saturated heterocycles. The van der Waals surface area contributed by atoms with Gasteiger partial charge in [0.1, 0.15) is 0 Å². The van der Waals surface area contributed by atoms with Crippen molar-refractivity contribution in [1.82, 2.24) is 5.32 Å². The van der Waals surface area contributed by atoms with E-state index >= 15 is 0 Å². The Morgan fingerprint density at radius 2 is 1.17 bits per heavy atom. The van der Waals surface area contributed by atoms with E-state index in [2.05, 4.69) is 115 Å². The van der Waals surface area contributed by atoms with Crippen LogP contribution in [0.3, 0.4) is 0 Å². The first-order valence-electron chi connectivity index (χ1n) is 11.1. The van der Waals surface area contributed by atoms with Crippen molar-refractivity contribution in [3.05, 3.63) is 120 Å². The van der Waals surface area contributed by atoms with Gasteiger partial charge in [-0.3, -0.25) is 0 Å². The van der Waals surface area contributed by atoms with Crippen molar-refractivity contribution in [2.45, 2.75) is 43.7 Å². The molecule has 1 aliphatic rings. The van der Waals surface area contributed by atoms with E-state index < -0.39 is 0 Å². The molecule has 1 heteroatoms. The first-order valence-corrected chi connectivity index (χ1v) is 11.1. The molecule has 30 heavy (non-hydrogen) atoms. The number of rotatable bonds is 5. The second kappa shape index (κ2) is 8.45. The van der Waals surface area contributed by atoms with E-state index in [0.717, 1.165) is 0 Å². The zero-order chi connectivity index (χ0) is 20.3. The van der Waals surface area contributed by atoms with Crippen molar-refractivity contribution in [2.24, 2.45) is 0 Å². The zero-order valence-electron chi connectivity index (χ0n) is 17.5. The average molecular weight is 392 g/mol. The maximum absolute atomic E-state index is 3.99. The van der Waals surface area contributed by atoms with E-state index in [1.54, 1.807) is 0 Å². The summed E-state index contributed by atoms with van der Waals surface area (Å²) in [7, 11) is 0. The third-order valence-electron chi connectivity index (χ3n) is 6.79. The number of nitrogens with one attached hydrogen (secondary N) is 1. The normalized spacial score (nSPS) is 20.4. The highest BCUT2D eigenvalue weighted by molar-refractivity contribution is 5.86. The lowest BCUT2D eigenvalue weighted by molar-refractivity contribution is 0.457. The minimum absolute atomic E-state index is 0.326. The second-order valence-corrected chi connectivity index (χ2v) is 8.66. The van der Waals surface area contributed by atoms with E-state index in [4.69, 9.17) is 0 Å². The van der Waals surface area contributed by atoms with Gasteiger partial charge in [-0.2, -0.15) is 0 Å². The first-order chi connectivity index (χ1) is 14.8. The molecule has 0 heterocycles. The molecule has 1 fully saturated rings.